The third-order valence-corrected chi connectivity index (χ3v) is 4.11. The lowest BCUT2D eigenvalue weighted by atomic mass is 10.2. The molecule has 0 radical (unpaired) electrons. The van der Waals surface area contributed by atoms with E-state index in [2.05, 4.69) is 20.7 Å². The number of carbonyl (C=O) groups is 2. The molecule has 0 aliphatic rings. The zero-order valence-electron chi connectivity index (χ0n) is 11.7. The lowest BCUT2D eigenvalue weighted by Crippen LogP contribution is -2.23. The second-order valence-electron chi connectivity index (χ2n) is 4.54. The molecule has 1 aromatic carbocycles. The lowest BCUT2D eigenvalue weighted by Gasteiger charge is -1.99. The van der Waals surface area contributed by atoms with Crippen molar-refractivity contribution in [1.82, 2.24) is 20.1 Å². The molecule has 0 aliphatic carbocycles. The number of aromatic nitrogens is 3. The van der Waals surface area contributed by atoms with Crippen LogP contribution in [0.1, 0.15) is 9.67 Å². The Kier molecular flexibility index (Phi) is 3.84. The van der Waals surface area contributed by atoms with E-state index in [-0.39, 0.29) is 24.3 Å². The SMILES string of the molecule is CNC(=O)Cn1cnc(NC(=O)c2cc3ccccc3s2)n1. The van der Waals surface area contributed by atoms with E-state index >= 15 is 0 Å². The van der Waals surface area contributed by atoms with E-state index in [1.807, 2.05) is 30.3 Å². The first-order chi connectivity index (χ1) is 10.7. The average molecular weight is 315 g/mol. The number of hydrogen-bond acceptors (Lipinski definition) is 5. The van der Waals surface area contributed by atoms with Crippen molar-refractivity contribution in [2.24, 2.45) is 0 Å². The van der Waals surface area contributed by atoms with Crippen LogP contribution in [-0.2, 0) is 11.3 Å². The first-order valence-corrected chi connectivity index (χ1v) is 7.37. The number of hydrogen-bond donors (Lipinski definition) is 2. The molecular formula is C14H13N5O2S. The Morgan fingerprint density at radius 1 is 1.32 bits per heavy atom. The second kappa shape index (κ2) is 5.94. The molecule has 3 aromatic rings. The fourth-order valence-electron chi connectivity index (χ4n) is 1.91. The second-order valence-corrected chi connectivity index (χ2v) is 5.63. The minimum Gasteiger partial charge on any atom is -0.358 e. The number of likely N-dealkylation sites (N-methyl/N-ethyl adjacent to an activating group) is 1. The van der Waals surface area contributed by atoms with E-state index < -0.39 is 0 Å². The highest BCUT2D eigenvalue weighted by Crippen LogP contribution is 2.25. The summed E-state index contributed by atoms with van der Waals surface area (Å²) in [4.78, 5) is 28.0. The van der Waals surface area contributed by atoms with Gasteiger partial charge >= 0.3 is 0 Å². The largest absolute Gasteiger partial charge is 0.358 e. The molecule has 8 heteroatoms. The van der Waals surface area contributed by atoms with Gasteiger partial charge in [-0.25, -0.2) is 9.67 Å². The molecule has 0 spiro atoms. The molecule has 112 valence electrons. The fraction of sp³-hybridized carbons (Fsp3) is 0.143. The van der Waals surface area contributed by atoms with Gasteiger partial charge in [0.15, 0.2) is 0 Å². The van der Waals surface area contributed by atoms with Gasteiger partial charge in [-0.2, -0.15) is 0 Å². The van der Waals surface area contributed by atoms with Crippen LogP contribution in [0.15, 0.2) is 36.7 Å². The maximum Gasteiger partial charge on any atom is 0.268 e. The molecule has 0 bridgehead atoms. The number of nitrogens with one attached hydrogen (secondary N) is 2. The number of benzene rings is 1. The quantitative estimate of drug-likeness (QED) is 0.763. The van der Waals surface area contributed by atoms with Crippen molar-refractivity contribution in [3.63, 3.8) is 0 Å². The summed E-state index contributed by atoms with van der Waals surface area (Å²) < 4.78 is 2.41. The zero-order valence-corrected chi connectivity index (χ0v) is 12.6. The van der Waals surface area contributed by atoms with Crippen LogP contribution in [0.25, 0.3) is 10.1 Å². The number of amides is 2. The normalized spacial score (nSPS) is 10.6. The predicted octanol–water partition coefficient (Wildman–Crippen LogP) is 1.49. The minimum atomic E-state index is -0.265. The van der Waals surface area contributed by atoms with E-state index in [4.69, 9.17) is 0 Å². The third-order valence-electron chi connectivity index (χ3n) is 3.00. The summed E-state index contributed by atoms with van der Waals surface area (Å²) in [5.41, 5.74) is 0. The molecule has 0 aliphatic heterocycles. The summed E-state index contributed by atoms with van der Waals surface area (Å²) in [5, 5.41) is 10.2. The van der Waals surface area contributed by atoms with Gasteiger partial charge in [-0.1, -0.05) is 18.2 Å². The van der Waals surface area contributed by atoms with Crippen molar-refractivity contribution in [2.75, 3.05) is 12.4 Å². The molecule has 0 unspecified atom stereocenters. The Morgan fingerprint density at radius 2 is 2.14 bits per heavy atom. The molecule has 2 aromatic heterocycles. The molecule has 3 rings (SSSR count). The molecule has 2 N–H and O–H groups in total. The van der Waals surface area contributed by atoms with Crippen molar-refractivity contribution in [2.45, 2.75) is 6.54 Å². The van der Waals surface area contributed by atoms with E-state index in [0.29, 0.717) is 4.88 Å². The monoisotopic (exact) mass is 315 g/mol. The predicted molar refractivity (Wildman–Crippen MR) is 83.9 cm³/mol. The highest BCUT2D eigenvalue weighted by Gasteiger charge is 2.13. The summed E-state index contributed by atoms with van der Waals surface area (Å²) >= 11 is 1.41. The minimum absolute atomic E-state index is 0.0578. The average Bonchev–Trinajstić information content (AvgIpc) is 3.13. The van der Waals surface area contributed by atoms with Crippen LogP contribution in [0.2, 0.25) is 0 Å². The molecule has 7 nitrogen and oxygen atoms in total. The van der Waals surface area contributed by atoms with Crippen LogP contribution in [0.3, 0.4) is 0 Å². The molecule has 0 saturated carbocycles. The first kappa shape index (κ1) is 14.2. The van der Waals surface area contributed by atoms with Crippen LogP contribution < -0.4 is 10.6 Å². The van der Waals surface area contributed by atoms with Crippen molar-refractivity contribution >= 4 is 39.2 Å². The maximum atomic E-state index is 12.2. The summed E-state index contributed by atoms with van der Waals surface area (Å²) in [6, 6.07) is 9.62. The smallest absolute Gasteiger partial charge is 0.268 e. The van der Waals surface area contributed by atoms with Gasteiger partial charge in [0.05, 0.1) is 4.88 Å². The summed E-state index contributed by atoms with van der Waals surface area (Å²) in [7, 11) is 1.55. The van der Waals surface area contributed by atoms with E-state index in [1.54, 1.807) is 7.05 Å². The van der Waals surface area contributed by atoms with Gasteiger partial charge < -0.3 is 5.32 Å². The number of fused-ring (bicyclic) bond motifs is 1. The maximum absolute atomic E-state index is 12.2. The highest BCUT2D eigenvalue weighted by molar-refractivity contribution is 7.20. The number of rotatable bonds is 4. The van der Waals surface area contributed by atoms with E-state index in [1.165, 1.54) is 22.3 Å². The Morgan fingerprint density at radius 3 is 2.91 bits per heavy atom. The van der Waals surface area contributed by atoms with Crippen molar-refractivity contribution in [3.05, 3.63) is 41.5 Å². The Bertz CT molecular complexity index is 806. The Labute approximate surface area is 130 Å². The van der Waals surface area contributed by atoms with Gasteiger partial charge in [0.2, 0.25) is 11.9 Å². The van der Waals surface area contributed by atoms with Gasteiger partial charge in [0.1, 0.15) is 12.9 Å². The molecule has 0 saturated heterocycles. The van der Waals surface area contributed by atoms with Crippen molar-refractivity contribution in [1.29, 1.82) is 0 Å². The lowest BCUT2D eigenvalue weighted by molar-refractivity contribution is -0.121. The van der Waals surface area contributed by atoms with Crippen LogP contribution >= 0.6 is 11.3 Å². The van der Waals surface area contributed by atoms with Gasteiger partial charge in [0, 0.05) is 11.7 Å². The van der Waals surface area contributed by atoms with Crippen LogP contribution in [0.4, 0.5) is 5.95 Å². The number of anilines is 1. The van der Waals surface area contributed by atoms with Gasteiger partial charge in [-0.15, -0.1) is 16.4 Å². The Hall–Kier alpha value is -2.74. The van der Waals surface area contributed by atoms with Crippen molar-refractivity contribution in [3.8, 4) is 0 Å². The first-order valence-electron chi connectivity index (χ1n) is 6.55. The molecule has 0 fully saturated rings. The standard InChI is InChI=1S/C14H13N5O2S/c1-15-12(20)7-19-8-16-14(18-19)17-13(21)11-6-9-4-2-3-5-10(9)22-11/h2-6,8H,7H2,1H3,(H,15,20)(H,17,18,21). The van der Waals surface area contributed by atoms with Gasteiger partial charge in [-0.05, 0) is 17.5 Å². The summed E-state index contributed by atoms with van der Waals surface area (Å²) in [6.07, 6.45) is 1.40. The van der Waals surface area contributed by atoms with Crippen LogP contribution in [0, 0.1) is 0 Å². The molecule has 2 heterocycles. The molecule has 22 heavy (non-hydrogen) atoms. The van der Waals surface area contributed by atoms with Crippen LogP contribution in [0.5, 0.6) is 0 Å². The topological polar surface area (TPSA) is 88.9 Å². The fourth-order valence-corrected chi connectivity index (χ4v) is 2.87. The molecule has 0 atom stereocenters. The molecule has 2 amide bonds. The zero-order chi connectivity index (χ0) is 15.5. The van der Waals surface area contributed by atoms with E-state index in [0.717, 1.165) is 10.1 Å². The van der Waals surface area contributed by atoms with Gasteiger partial charge in [0.25, 0.3) is 5.91 Å². The van der Waals surface area contributed by atoms with Crippen LogP contribution in [-0.4, -0.2) is 33.6 Å². The number of nitrogens with zero attached hydrogens (tertiary/aromatic N) is 3. The van der Waals surface area contributed by atoms with Crippen molar-refractivity contribution < 1.29 is 9.59 Å². The Balaban J connectivity index is 1.72. The molecular weight excluding hydrogens is 302 g/mol. The number of carbonyl (C=O) groups excluding carboxylic acids is 2. The van der Waals surface area contributed by atoms with E-state index in [9.17, 15) is 9.59 Å². The number of thiophene rings is 1. The summed E-state index contributed by atoms with van der Waals surface area (Å²) in [6.45, 7) is 0.0578. The van der Waals surface area contributed by atoms with Gasteiger partial charge in [-0.3, -0.25) is 14.9 Å². The third kappa shape index (κ3) is 2.96. The summed E-state index contributed by atoms with van der Waals surface area (Å²) in [5.74, 6) is -0.280. The highest BCUT2D eigenvalue weighted by atomic mass is 32.1.